The van der Waals surface area contributed by atoms with Crippen LogP contribution < -0.4 is 9.64 Å². The zero-order chi connectivity index (χ0) is 29.1. The number of nitrogens with zero attached hydrogens (tertiary/aromatic N) is 6. The van der Waals surface area contributed by atoms with Gasteiger partial charge < -0.3 is 14.5 Å². The smallest absolute Gasteiger partial charge is 0.319 e. The number of benzene rings is 1. The second-order valence-corrected chi connectivity index (χ2v) is 11.9. The Morgan fingerprint density at radius 2 is 1.95 bits per heavy atom. The van der Waals surface area contributed by atoms with E-state index in [0.29, 0.717) is 49.2 Å². The van der Waals surface area contributed by atoms with E-state index in [1.54, 1.807) is 12.3 Å². The third-order valence-corrected chi connectivity index (χ3v) is 9.43. The minimum atomic E-state index is -0.975. The Bertz CT molecular complexity index is 1580. The summed E-state index contributed by atoms with van der Waals surface area (Å²) in [6.45, 7) is 4.50. The number of carbonyl (C=O) groups is 1. The lowest BCUT2D eigenvalue weighted by Crippen LogP contribution is -2.63. The predicted octanol–water partition coefficient (Wildman–Crippen LogP) is 4.40. The number of ether oxygens (including phenoxy) is 1. The highest BCUT2D eigenvalue weighted by Gasteiger charge is 2.50. The van der Waals surface area contributed by atoms with Gasteiger partial charge in [-0.15, -0.1) is 0 Å². The van der Waals surface area contributed by atoms with E-state index in [2.05, 4.69) is 16.5 Å². The van der Waals surface area contributed by atoms with Crippen molar-refractivity contribution in [3.05, 3.63) is 53.9 Å². The van der Waals surface area contributed by atoms with Gasteiger partial charge in [-0.05, 0) is 62.8 Å². The van der Waals surface area contributed by atoms with Crippen molar-refractivity contribution in [1.29, 1.82) is 0 Å². The number of rotatable bonds is 6. The van der Waals surface area contributed by atoms with Gasteiger partial charge in [0, 0.05) is 54.6 Å². The summed E-state index contributed by atoms with van der Waals surface area (Å²) in [7, 11) is 1.85. The fourth-order valence-corrected chi connectivity index (χ4v) is 7.16. The van der Waals surface area contributed by atoms with E-state index >= 15 is 4.39 Å². The zero-order valence-electron chi connectivity index (χ0n) is 23.5. The lowest BCUT2D eigenvalue weighted by atomic mass is 9.87. The second kappa shape index (κ2) is 10.5. The van der Waals surface area contributed by atoms with E-state index in [0.717, 1.165) is 42.4 Å². The Balaban J connectivity index is 1.28. The van der Waals surface area contributed by atoms with E-state index in [1.165, 1.54) is 4.90 Å². The van der Waals surface area contributed by atoms with Crippen LogP contribution in [0.25, 0.3) is 22.0 Å². The third kappa shape index (κ3) is 4.49. The highest BCUT2D eigenvalue weighted by atomic mass is 19.1. The van der Waals surface area contributed by atoms with Crippen molar-refractivity contribution >= 4 is 22.6 Å². The number of carbonyl (C=O) groups excluding carboxylic acids is 1. The topological polar surface area (TPSA) is 74.7 Å². The number of likely N-dealkylation sites (tertiary alicyclic amines) is 2. The van der Waals surface area contributed by atoms with Crippen molar-refractivity contribution in [3.63, 3.8) is 0 Å². The first-order valence-electron chi connectivity index (χ1n) is 14.7. The van der Waals surface area contributed by atoms with Crippen LogP contribution in [-0.4, -0.2) is 88.2 Å². The molecule has 1 aromatic carbocycles. The van der Waals surface area contributed by atoms with Gasteiger partial charge in [-0.3, -0.25) is 14.7 Å². The number of fused-ring (bicyclic) bond motifs is 3. The lowest BCUT2D eigenvalue weighted by molar-refractivity contribution is -0.130. The number of anilines is 1. The number of amides is 1. The third-order valence-electron chi connectivity index (χ3n) is 9.43. The van der Waals surface area contributed by atoms with Gasteiger partial charge in [0.15, 0.2) is 11.6 Å². The van der Waals surface area contributed by atoms with Crippen LogP contribution in [-0.2, 0) is 17.6 Å². The minimum Gasteiger partial charge on any atom is -0.462 e. The summed E-state index contributed by atoms with van der Waals surface area (Å²) in [5.74, 6) is -1.64. The van der Waals surface area contributed by atoms with Crippen molar-refractivity contribution < 1.29 is 22.7 Å². The van der Waals surface area contributed by atoms with E-state index < -0.39 is 23.7 Å². The average Bonchev–Trinajstić information content (AvgIpc) is 3.48. The van der Waals surface area contributed by atoms with Gasteiger partial charge >= 0.3 is 6.01 Å². The molecule has 42 heavy (non-hydrogen) atoms. The number of aryl methyl sites for hydroxylation is 1. The van der Waals surface area contributed by atoms with Crippen molar-refractivity contribution in [1.82, 2.24) is 24.8 Å². The first-order valence-corrected chi connectivity index (χ1v) is 14.7. The van der Waals surface area contributed by atoms with Gasteiger partial charge in [-0.1, -0.05) is 12.6 Å². The Morgan fingerprint density at radius 3 is 2.74 bits per heavy atom. The molecule has 3 fully saturated rings. The molecule has 8 nitrogen and oxygen atoms in total. The summed E-state index contributed by atoms with van der Waals surface area (Å²) in [6, 6.07) is 3.20. The molecule has 11 heteroatoms. The number of halogens is 3. The Labute approximate surface area is 242 Å². The molecule has 0 N–H and O–H groups in total. The molecule has 0 radical (unpaired) electrons. The fourth-order valence-electron chi connectivity index (χ4n) is 7.16. The van der Waals surface area contributed by atoms with Gasteiger partial charge in [0.05, 0.1) is 12.1 Å². The number of aromatic nitrogens is 3. The van der Waals surface area contributed by atoms with Crippen molar-refractivity contribution in [3.8, 4) is 17.1 Å². The number of hydrogen-bond acceptors (Lipinski definition) is 7. The van der Waals surface area contributed by atoms with E-state index in [-0.39, 0.29) is 36.3 Å². The average molecular weight is 579 g/mol. The molecule has 3 saturated heterocycles. The summed E-state index contributed by atoms with van der Waals surface area (Å²) in [5.41, 5.74) is 3.62. The van der Waals surface area contributed by atoms with Crippen molar-refractivity contribution in [2.75, 3.05) is 38.2 Å². The summed E-state index contributed by atoms with van der Waals surface area (Å²) in [5, 5.41) is 0.529. The highest BCUT2D eigenvalue weighted by Crippen LogP contribution is 2.42. The number of hydrogen-bond donors (Lipinski definition) is 0. The summed E-state index contributed by atoms with van der Waals surface area (Å²) in [6.07, 6.45) is 7.59. The Kier molecular flexibility index (Phi) is 6.79. The number of pyridine rings is 1. The van der Waals surface area contributed by atoms with Crippen LogP contribution in [0.15, 0.2) is 36.9 Å². The first-order chi connectivity index (χ1) is 20.3. The van der Waals surface area contributed by atoms with Gasteiger partial charge in [0.25, 0.3) is 5.91 Å². The van der Waals surface area contributed by atoms with E-state index in [1.807, 2.05) is 29.1 Å². The van der Waals surface area contributed by atoms with Gasteiger partial charge in [-0.2, -0.15) is 9.97 Å². The molecule has 0 unspecified atom stereocenters. The zero-order valence-corrected chi connectivity index (χ0v) is 23.5. The van der Waals surface area contributed by atoms with Crippen molar-refractivity contribution in [2.24, 2.45) is 0 Å². The standard InChI is InChI=1S/C31H33F3N6O2/c1-17(32)30(41)39-10-9-25-26(39)15-40(25)29-23-8-7-22(24-13-35-12-18-5-3-4-6-21(18)24)27(34)28(23)36-31(37-29)42-16-20-11-19(33)14-38(20)2/h7-8,12-13,19-20,25-26H,1,3-6,9-11,14-16H2,2H3/t19-,20+,25-,26-/m1/s1. The van der Waals surface area contributed by atoms with Gasteiger partial charge in [-0.25, -0.2) is 13.2 Å². The molecule has 2 aromatic heterocycles. The molecular formula is C31H33F3N6O2. The molecular weight excluding hydrogens is 545 g/mol. The molecule has 1 aliphatic carbocycles. The van der Waals surface area contributed by atoms with Gasteiger partial charge in [0.1, 0.15) is 24.1 Å². The summed E-state index contributed by atoms with van der Waals surface area (Å²) < 4.78 is 50.1. The molecule has 0 saturated carbocycles. The summed E-state index contributed by atoms with van der Waals surface area (Å²) >= 11 is 0. The van der Waals surface area contributed by atoms with Gasteiger partial charge in [0.2, 0.25) is 0 Å². The molecule has 0 spiro atoms. The van der Waals surface area contributed by atoms with E-state index in [4.69, 9.17) is 9.72 Å². The molecule has 5 heterocycles. The predicted molar refractivity (Wildman–Crippen MR) is 152 cm³/mol. The highest BCUT2D eigenvalue weighted by molar-refractivity contribution is 5.95. The largest absolute Gasteiger partial charge is 0.462 e. The van der Waals surface area contributed by atoms with Crippen molar-refractivity contribution in [2.45, 2.75) is 62.8 Å². The minimum absolute atomic E-state index is 0.0176. The Morgan fingerprint density at radius 1 is 1.12 bits per heavy atom. The molecule has 4 atom stereocenters. The number of alkyl halides is 1. The fraction of sp³-hybridized carbons (Fsp3) is 0.484. The van der Waals surface area contributed by atoms with Crippen LogP contribution in [0, 0.1) is 5.82 Å². The molecule has 3 aromatic rings. The van der Waals surface area contributed by atoms with Crippen LogP contribution in [0.5, 0.6) is 6.01 Å². The summed E-state index contributed by atoms with van der Waals surface area (Å²) in [4.78, 5) is 31.4. The monoisotopic (exact) mass is 578 g/mol. The molecule has 7 rings (SSSR count). The quantitative estimate of drug-likeness (QED) is 0.402. The molecule has 1 amide bonds. The van der Waals surface area contributed by atoms with Crippen LogP contribution in [0.4, 0.5) is 19.0 Å². The lowest BCUT2D eigenvalue weighted by Gasteiger charge is -2.47. The maximum absolute atomic E-state index is 16.5. The van der Waals surface area contributed by atoms with Crippen LogP contribution >= 0.6 is 0 Å². The number of likely N-dealkylation sites (N-methyl/N-ethyl adjacent to an activating group) is 1. The normalized spacial score (nSPS) is 25.3. The molecule has 4 aliphatic rings. The Hall–Kier alpha value is -3.73. The van der Waals surface area contributed by atoms with E-state index in [9.17, 15) is 13.6 Å². The molecule has 0 bridgehead atoms. The molecule has 3 aliphatic heterocycles. The van der Waals surface area contributed by atoms with Crippen LogP contribution in [0.1, 0.15) is 36.8 Å². The maximum atomic E-state index is 16.5. The van der Waals surface area contributed by atoms with Crippen LogP contribution in [0.3, 0.4) is 0 Å². The SMILES string of the molecule is C=C(F)C(=O)N1CC[C@@H]2[C@H]1CN2c1nc(OC[C@@H]2C[C@@H](F)CN2C)nc2c(F)c(-c3cncc4c3CCCC4)ccc12. The second-order valence-electron chi connectivity index (χ2n) is 11.9. The van der Waals surface area contributed by atoms with Crippen LogP contribution in [0.2, 0.25) is 0 Å². The first kappa shape index (κ1) is 27.1. The maximum Gasteiger partial charge on any atom is 0.319 e. The molecule has 220 valence electrons.